The lowest BCUT2D eigenvalue weighted by molar-refractivity contribution is -0.118. The molecule has 106 valence electrons. The number of carbonyl (C=O) groups excluding carboxylic acids is 1. The molecular weight excluding hydrogens is 264 g/mol. The molecule has 1 unspecified atom stereocenters. The maximum atomic E-state index is 12.2. The van der Waals surface area contributed by atoms with Crippen molar-refractivity contribution in [3.05, 3.63) is 60.2 Å². The molecule has 2 aromatic rings. The fourth-order valence-electron chi connectivity index (χ4n) is 2.04. The van der Waals surface area contributed by atoms with E-state index in [0.29, 0.717) is 17.9 Å². The summed E-state index contributed by atoms with van der Waals surface area (Å²) in [7, 11) is 1.57. The van der Waals surface area contributed by atoms with Crippen LogP contribution in [0.2, 0.25) is 0 Å². The summed E-state index contributed by atoms with van der Waals surface area (Å²) in [6, 6.07) is 18.6. The Kier molecular flexibility index (Phi) is 4.94. The topological polar surface area (TPSA) is 62.1 Å². The van der Waals surface area contributed by atoms with Gasteiger partial charge in [0.05, 0.1) is 13.2 Å². The molecule has 0 heterocycles. The molecule has 0 aliphatic heterocycles. The van der Waals surface area contributed by atoms with Crippen LogP contribution >= 0.6 is 0 Å². The van der Waals surface area contributed by atoms with Crippen LogP contribution in [-0.4, -0.2) is 13.0 Å². The van der Waals surface area contributed by atoms with Crippen LogP contribution in [-0.2, 0) is 11.2 Å². The molecule has 4 heteroatoms. The van der Waals surface area contributed by atoms with Crippen LogP contribution < -0.4 is 10.1 Å². The standard InChI is InChI=1S/C17H16N2O2/c1-21-16-10-6-5-7-13(16)11-14(12-18)17(20)19-15-8-3-2-4-9-15/h2-10,14H,11H2,1H3,(H,19,20). The molecule has 2 rings (SSSR count). The highest BCUT2D eigenvalue weighted by molar-refractivity contribution is 5.94. The summed E-state index contributed by atoms with van der Waals surface area (Å²) in [6.07, 6.45) is 0.319. The van der Waals surface area contributed by atoms with E-state index in [4.69, 9.17) is 4.74 Å². The molecule has 0 radical (unpaired) electrons. The SMILES string of the molecule is COc1ccccc1CC(C#N)C(=O)Nc1ccccc1. The Balaban J connectivity index is 2.09. The molecule has 0 aromatic heterocycles. The fourth-order valence-corrected chi connectivity index (χ4v) is 2.04. The van der Waals surface area contributed by atoms with Crippen molar-refractivity contribution in [1.82, 2.24) is 0 Å². The molecule has 0 spiro atoms. The normalized spacial score (nSPS) is 11.2. The zero-order valence-electron chi connectivity index (χ0n) is 11.7. The van der Waals surface area contributed by atoms with Crippen LogP contribution in [0.15, 0.2) is 54.6 Å². The lowest BCUT2D eigenvalue weighted by atomic mass is 9.99. The molecule has 0 bridgehead atoms. The van der Waals surface area contributed by atoms with Crippen molar-refractivity contribution in [3.8, 4) is 11.8 Å². The van der Waals surface area contributed by atoms with Gasteiger partial charge >= 0.3 is 0 Å². The lowest BCUT2D eigenvalue weighted by Gasteiger charge is -2.12. The van der Waals surface area contributed by atoms with Crippen molar-refractivity contribution in [3.63, 3.8) is 0 Å². The maximum Gasteiger partial charge on any atom is 0.242 e. The first-order valence-electron chi connectivity index (χ1n) is 6.62. The fraction of sp³-hybridized carbons (Fsp3) is 0.176. The van der Waals surface area contributed by atoms with Gasteiger partial charge in [-0.1, -0.05) is 36.4 Å². The number of methoxy groups -OCH3 is 1. The Labute approximate surface area is 124 Å². The molecule has 1 N–H and O–H groups in total. The molecule has 2 aromatic carbocycles. The van der Waals surface area contributed by atoms with Gasteiger partial charge in [-0.05, 0) is 23.8 Å². The number of para-hydroxylation sites is 2. The number of benzene rings is 2. The summed E-state index contributed by atoms with van der Waals surface area (Å²) in [5.41, 5.74) is 1.53. The van der Waals surface area contributed by atoms with Crippen LogP contribution in [0.3, 0.4) is 0 Å². The van der Waals surface area contributed by atoms with Crippen molar-refractivity contribution in [2.24, 2.45) is 5.92 Å². The Morgan fingerprint density at radius 3 is 2.52 bits per heavy atom. The molecule has 0 fully saturated rings. The van der Waals surface area contributed by atoms with E-state index in [2.05, 4.69) is 11.4 Å². The average molecular weight is 280 g/mol. The van der Waals surface area contributed by atoms with Crippen LogP contribution in [0.4, 0.5) is 5.69 Å². The van der Waals surface area contributed by atoms with Gasteiger partial charge in [0.1, 0.15) is 11.7 Å². The first kappa shape index (κ1) is 14.6. The first-order chi connectivity index (χ1) is 10.2. The Bertz CT molecular complexity index is 647. The number of ether oxygens (including phenoxy) is 1. The summed E-state index contributed by atoms with van der Waals surface area (Å²) < 4.78 is 5.25. The third kappa shape index (κ3) is 3.83. The number of anilines is 1. The third-order valence-corrected chi connectivity index (χ3v) is 3.13. The van der Waals surface area contributed by atoms with E-state index in [-0.39, 0.29) is 5.91 Å². The van der Waals surface area contributed by atoms with Gasteiger partial charge in [-0.3, -0.25) is 4.79 Å². The molecule has 0 aliphatic carbocycles. The molecule has 0 saturated heterocycles. The van der Waals surface area contributed by atoms with E-state index < -0.39 is 5.92 Å². The van der Waals surface area contributed by atoms with E-state index in [0.717, 1.165) is 5.56 Å². The smallest absolute Gasteiger partial charge is 0.242 e. The van der Waals surface area contributed by atoms with Gasteiger partial charge in [0.25, 0.3) is 0 Å². The summed E-state index contributed by atoms with van der Waals surface area (Å²) >= 11 is 0. The van der Waals surface area contributed by atoms with Gasteiger partial charge in [-0.2, -0.15) is 5.26 Å². The van der Waals surface area contributed by atoms with Crippen molar-refractivity contribution in [1.29, 1.82) is 5.26 Å². The van der Waals surface area contributed by atoms with Gasteiger partial charge in [0.15, 0.2) is 0 Å². The van der Waals surface area contributed by atoms with E-state index in [9.17, 15) is 10.1 Å². The predicted molar refractivity (Wildman–Crippen MR) is 80.9 cm³/mol. The quantitative estimate of drug-likeness (QED) is 0.915. The van der Waals surface area contributed by atoms with Crippen LogP contribution in [0, 0.1) is 17.2 Å². The highest BCUT2D eigenvalue weighted by Crippen LogP contribution is 2.21. The van der Waals surface area contributed by atoms with E-state index in [1.807, 2.05) is 42.5 Å². The number of hydrogen-bond donors (Lipinski definition) is 1. The summed E-state index contributed by atoms with van der Waals surface area (Å²) in [5, 5.41) is 12.0. The van der Waals surface area contributed by atoms with Crippen molar-refractivity contribution >= 4 is 11.6 Å². The zero-order chi connectivity index (χ0) is 15.1. The largest absolute Gasteiger partial charge is 0.496 e. The van der Waals surface area contributed by atoms with Crippen LogP contribution in [0.5, 0.6) is 5.75 Å². The van der Waals surface area contributed by atoms with Gasteiger partial charge in [0.2, 0.25) is 5.91 Å². The second kappa shape index (κ2) is 7.11. The number of carbonyl (C=O) groups is 1. The molecule has 1 atom stereocenters. The van der Waals surface area contributed by atoms with Crippen molar-refractivity contribution in [2.45, 2.75) is 6.42 Å². The third-order valence-electron chi connectivity index (χ3n) is 3.13. The molecule has 0 saturated carbocycles. The minimum absolute atomic E-state index is 0.311. The van der Waals surface area contributed by atoms with Gasteiger partial charge in [-0.25, -0.2) is 0 Å². The molecule has 1 amide bonds. The van der Waals surface area contributed by atoms with Crippen LogP contribution in [0.1, 0.15) is 5.56 Å². The number of hydrogen-bond acceptors (Lipinski definition) is 3. The number of amides is 1. The monoisotopic (exact) mass is 280 g/mol. The van der Waals surface area contributed by atoms with Gasteiger partial charge in [0, 0.05) is 12.1 Å². The van der Waals surface area contributed by atoms with E-state index >= 15 is 0 Å². The summed E-state index contributed by atoms with van der Waals surface area (Å²) in [6.45, 7) is 0. The second-order valence-corrected chi connectivity index (χ2v) is 4.55. The number of nitriles is 1. The Morgan fingerprint density at radius 2 is 1.86 bits per heavy atom. The molecular formula is C17H16N2O2. The number of nitrogens with one attached hydrogen (secondary N) is 1. The number of nitrogens with zero attached hydrogens (tertiary/aromatic N) is 1. The van der Waals surface area contributed by atoms with Gasteiger partial charge < -0.3 is 10.1 Å². The minimum Gasteiger partial charge on any atom is -0.496 e. The second-order valence-electron chi connectivity index (χ2n) is 4.55. The Morgan fingerprint density at radius 1 is 1.19 bits per heavy atom. The van der Waals surface area contributed by atoms with E-state index in [1.165, 1.54) is 0 Å². The lowest BCUT2D eigenvalue weighted by Crippen LogP contribution is -2.23. The first-order valence-corrected chi connectivity index (χ1v) is 6.62. The molecule has 0 aliphatic rings. The number of rotatable bonds is 5. The van der Waals surface area contributed by atoms with Crippen molar-refractivity contribution < 1.29 is 9.53 Å². The van der Waals surface area contributed by atoms with Gasteiger partial charge in [-0.15, -0.1) is 0 Å². The Hall–Kier alpha value is -2.80. The zero-order valence-corrected chi connectivity index (χ0v) is 11.7. The maximum absolute atomic E-state index is 12.2. The average Bonchev–Trinajstić information content (AvgIpc) is 2.53. The predicted octanol–water partition coefficient (Wildman–Crippen LogP) is 3.02. The summed E-state index contributed by atoms with van der Waals surface area (Å²) in [5.74, 6) is -0.388. The van der Waals surface area contributed by atoms with Crippen molar-refractivity contribution in [2.75, 3.05) is 12.4 Å². The summed E-state index contributed by atoms with van der Waals surface area (Å²) in [4.78, 5) is 12.2. The molecule has 4 nitrogen and oxygen atoms in total. The highest BCUT2D eigenvalue weighted by atomic mass is 16.5. The molecule has 21 heavy (non-hydrogen) atoms. The minimum atomic E-state index is -0.762. The highest BCUT2D eigenvalue weighted by Gasteiger charge is 2.20. The van der Waals surface area contributed by atoms with Crippen LogP contribution in [0.25, 0.3) is 0 Å². The van der Waals surface area contributed by atoms with E-state index in [1.54, 1.807) is 19.2 Å².